The van der Waals surface area contributed by atoms with E-state index in [9.17, 15) is 19.2 Å². The van der Waals surface area contributed by atoms with Gasteiger partial charge in [0.05, 0.1) is 55.3 Å². The second-order valence-corrected chi connectivity index (χ2v) is 17.6. The van der Waals surface area contributed by atoms with Gasteiger partial charge in [-0.1, -0.05) is 63.2 Å². The van der Waals surface area contributed by atoms with E-state index in [4.69, 9.17) is 24.2 Å². The Morgan fingerprint density at radius 3 is 2.18 bits per heavy atom. The molecule has 4 fully saturated rings. The molecule has 320 valence electrons. The number of carbonyl (C=O) groups excluding carboxylic acids is 4. The van der Waals surface area contributed by atoms with Crippen LogP contribution in [0.5, 0.6) is 0 Å². The summed E-state index contributed by atoms with van der Waals surface area (Å²) in [6.45, 7) is 7.80. The fraction of sp³-hybridized carbons (Fsp3) is 0.478. The van der Waals surface area contributed by atoms with Gasteiger partial charge in [0.2, 0.25) is 11.8 Å². The molecule has 4 heterocycles. The number of likely N-dealkylation sites (tertiary alicyclic amines) is 2. The van der Waals surface area contributed by atoms with Crippen molar-refractivity contribution in [1.82, 2.24) is 40.4 Å². The summed E-state index contributed by atoms with van der Waals surface area (Å²) in [5.74, 6) is 2.15. The highest BCUT2D eigenvalue weighted by atomic mass is 16.5. The summed E-state index contributed by atoms with van der Waals surface area (Å²) in [7, 11) is 4.10. The van der Waals surface area contributed by atoms with Crippen LogP contribution in [0.15, 0.2) is 60.8 Å². The fourth-order valence-corrected chi connectivity index (χ4v) is 10.5. The van der Waals surface area contributed by atoms with Crippen LogP contribution >= 0.6 is 0 Å². The van der Waals surface area contributed by atoms with Gasteiger partial charge in [0.25, 0.3) is 0 Å². The molecule has 15 heteroatoms. The third-order valence-corrected chi connectivity index (χ3v) is 13.9. The molecule has 2 saturated heterocycles. The molecule has 2 saturated carbocycles. The number of piperidine rings is 2. The SMILES string of the molecule is COC(=O)N[C@H](C(=O)N1C2C(C)C2C[C@H]1c1nc2ccc3cc(-c4ccc(-c5cnc([C@@H]6[C@H]7CC[C@H](C7)N6C(=O)[C@@H](NC(=O)OC)[C@@H](C)OC)[nH]5)cc4)ccc3c2[nH]1)C(C)C. The van der Waals surface area contributed by atoms with E-state index in [1.165, 1.54) is 21.3 Å². The van der Waals surface area contributed by atoms with Crippen molar-refractivity contribution < 1.29 is 33.4 Å². The van der Waals surface area contributed by atoms with Crippen LogP contribution in [-0.2, 0) is 23.8 Å². The zero-order valence-corrected chi connectivity index (χ0v) is 35.6. The minimum atomic E-state index is -0.893. The quantitative estimate of drug-likeness (QED) is 0.110. The molecule has 10 atom stereocenters. The number of carbonyl (C=O) groups is 4. The van der Waals surface area contributed by atoms with Gasteiger partial charge in [-0.05, 0) is 90.5 Å². The van der Waals surface area contributed by atoms with Gasteiger partial charge < -0.3 is 44.6 Å². The average molecular weight is 831 g/mol. The molecular weight excluding hydrogens is 777 g/mol. The number of hydrogen-bond donors (Lipinski definition) is 4. The molecule has 4 N–H and O–H groups in total. The zero-order valence-electron chi connectivity index (χ0n) is 35.6. The molecule has 5 aromatic rings. The number of amides is 4. The number of imidazole rings is 2. The van der Waals surface area contributed by atoms with Gasteiger partial charge in [0, 0.05) is 24.6 Å². The van der Waals surface area contributed by atoms with Crippen molar-refractivity contribution in [1.29, 1.82) is 0 Å². The number of aromatic nitrogens is 4. The van der Waals surface area contributed by atoms with E-state index < -0.39 is 30.4 Å². The van der Waals surface area contributed by atoms with E-state index in [2.05, 4.69) is 76.1 Å². The summed E-state index contributed by atoms with van der Waals surface area (Å²) in [4.78, 5) is 73.4. The molecule has 0 radical (unpaired) electrons. The minimum absolute atomic E-state index is 0.0679. The van der Waals surface area contributed by atoms with Crippen molar-refractivity contribution >= 4 is 45.8 Å². The van der Waals surface area contributed by atoms with E-state index >= 15 is 0 Å². The lowest BCUT2D eigenvalue weighted by Gasteiger charge is -2.37. The van der Waals surface area contributed by atoms with Gasteiger partial charge in [0.1, 0.15) is 23.7 Å². The predicted octanol–water partition coefficient (Wildman–Crippen LogP) is 6.87. The van der Waals surface area contributed by atoms with Crippen molar-refractivity contribution in [3.8, 4) is 22.4 Å². The Labute approximate surface area is 354 Å². The molecule has 2 aliphatic carbocycles. The van der Waals surface area contributed by atoms with Crippen LogP contribution in [0.3, 0.4) is 0 Å². The Kier molecular flexibility index (Phi) is 10.5. The third-order valence-electron chi connectivity index (χ3n) is 13.9. The maximum atomic E-state index is 14.1. The molecule has 3 unspecified atom stereocenters. The largest absolute Gasteiger partial charge is 0.453 e. The number of nitrogens with one attached hydrogen (secondary N) is 4. The summed E-state index contributed by atoms with van der Waals surface area (Å²) in [6.07, 6.45) is 3.61. The number of benzene rings is 3. The highest BCUT2D eigenvalue weighted by Crippen LogP contribution is 2.58. The number of nitrogens with zero attached hydrogens (tertiary/aromatic N) is 4. The lowest BCUT2D eigenvalue weighted by atomic mass is 9.97. The number of rotatable bonds is 11. The van der Waals surface area contributed by atoms with Crippen molar-refractivity contribution in [2.45, 2.75) is 95.7 Å². The maximum absolute atomic E-state index is 14.1. The zero-order chi connectivity index (χ0) is 42.9. The Balaban J connectivity index is 0.935. The Bertz CT molecular complexity index is 2500. The van der Waals surface area contributed by atoms with E-state index in [0.29, 0.717) is 11.8 Å². The van der Waals surface area contributed by atoms with E-state index in [1.807, 2.05) is 35.9 Å². The average Bonchev–Trinajstić information content (AvgIpc) is 4.00. The summed E-state index contributed by atoms with van der Waals surface area (Å²) < 4.78 is 15.2. The molecule has 2 aliphatic heterocycles. The smallest absolute Gasteiger partial charge is 0.407 e. The summed E-state index contributed by atoms with van der Waals surface area (Å²) in [5.41, 5.74) is 5.73. The summed E-state index contributed by atoms with van der Waals surface area (Å²) in [6, 6.07) is 17.0. The molecule has 2 aromatic heterocycles. The van der Waals surface area contributed by atoms with Gasteiger partial charge in [-0.25, -0.2) is 19.6 Å². The van der Waals surface area contributed by atoms with Crippen molar-refractivity contribution in [2.75, 3.05) is 21.3 Å². The van der Waals surface area contributed by atoms with Crippen LogP contribution < -0.4 is 10.6 Å². The molecule has 15 nitrogen and oxygen atoms in total. The second kappa shape index (κ2) is 15.8. The normalized spacial score (nSPS) is 25.4. The fourth-order valence-electron chi connectivity index (χ4n) is 10.5. The first kappa shape index (κ1) is 40.4. The van der Waals surface area contributed by atoms with Gasteiger partial charge in [0.15, 0.2) is 0 Å². The number of hydrogen-bond acceptors (Lipinski definition) is 9. The number of alkyl carbamates (subject to hydrolysis) is 2. The number of ether oxygens (including phenoxy) is 3. The van der Waals surface area contributed by atoms with Crippen LogP contribution in [0.1, 0.15) is 77.1 Å². The standard InChI is InChI=1S/C46H54N8O7/c1-22(2)36(51-45(57)60-6)43(55)54-35(20-32-23(3)39(32)54)41-48-33-17-14-28-18-27(13-16-31(28)38(33)50-41)25-8-10-26(11-9-25)34-21-47-42(49-34)40-29-12-15-30(19-29)53(40)44(56)37(24(4)59-5)52-46(58)61-7/h8-11,13-14,16-18,21-24,29-30,32,35-37,39-40H,12,15,19-20H2,1-7H3,(H,47,49)(H,48,50)(H,51,57)(H,52,58)/t23?,24-,29+,30-,32?,35+,36+,37+,39?,40+/m1/s1. The highest BCUT2D eigenvalue weighted by molar-refractivity contribution is 6.05. The Hall–Kier alpha value is -5.96. The molecule has 4 amide bonds. The molecule has 61 heavy (non-hydrogen) atoms. The topological polar surface area (TPSA) is 184 Å². The highest BCUT2D eigenvalue weighted by Gasteiger charge is 2.61. The van der Waals surface area contributed by atoms with Crippen molar-refractivity contribution in [2.24, 2.45) is 23.7 Å². The van der Waals surface area contributed by atoms with Gasteiger partial charge >= 0.3 is 12.2 Å². The Morgan fingerprint density at radius 1 is 0.787 bits per heavy atom. The first-order valence-electron chi connectivity index (χ1n) is 21.3. The number of H-pyrrole nitrogens is 2. The van der Waals surface area contributed by atoms with E-state index in [-0.39, 0.29) is 47.8 Å². The number of aromatic amines is 2. The molecule has 0 spiro atoms. The van der Waals surface area contributed by atoms with Crippen molar-refractivity contribution in [3.05, 3.63) is 72.4 Å². The van der Waals surface area contributed by atoms with Crippen LogP contribution in [0.4, 0.5) is 9.59 Å². The van der Waals surface area contributed by atoms with Crippen LogP contribution in [-0.4, -0.2) is 105 Å². The molecule has 4 aliphatic rings. The lowest BCUT2D eigenvalue weighted by molar-refractivity contribution is -0.141. The van der Waals surface area contributed by atoms with E-state index in [0.717, 1.165) is 81.5 Å². The van der Waals surface area contributed by atoms with E-state index in [1.54, 1.807) is 6.92 Å². The van der Waals surface area contributed by atoms with Gasteiger partial charge in [-0.2, -0.15) is 0 Å². The molecule has 2 bridgehead atoms. The first-order valence-corrected chi connectivity index (χ1v) is 21.3. The predicted molar refractivity (Wildman–Crippen MR) is 228 cm³/mol. The number of methoxy groups -OCH3 is 3. The first-order chi connectivity index (χ1) is 29.4. The minimum Gasteiger partial charge on any atom is -0.453 e. The summed E-state index contributed by atoms with van der Waals surface area (Å²) >= 11 is 0. The molecule has 9 rings (SSSR count). The second-order valence-electron chi connectivity index (χ2n) is 17.6. The van der Waals surface area contributed by atoms with Crippen LogP contribution in [0.2, 0.25) is 0 Å². The summed E-state index contributed by atoms with van der Waals surface area (Å²) in [5, 5.41) is 7.56. The van der Waals surface area contributed by atoms with Crippen molar-refractivity contribution in [3.63, 3.8) is 0 Å². The molecular formula is C46H54N8O7. The van der Waals surface area contributed by atoms with Gasteiger partial charge in [-0.15, -0.1) is 0 Å². The lowest BCUT2D eigenvalue weighted by Crippen LogP contribution is -2.56. The van der Waals surface area contributed by atoms with Crippen LogP contribution in [0, 0.1) is 23.7 Å². The Morgan fingerprint density at radius 2 is 1.48 bits per heavy atom. The monoisotopic (exact) mass is 830 g/mol. The maximum Gasteiger partial charge on any atom is 0.407 e. The van der Waals surface area contributed by atoms with Crippen LogP contribution in [0.25, 0.3) is 44.2 Å². The van der Waals surface area contributed by atoms with Gasteiger partial charge in [-0.3, -0.25) is 9.59 Å². The molecule has 3 aromatic carbocycles. The third kappa shape index (κ3) is 7.05. The number of fused-ring (bicyclic) bond motifs is 6.